The predicted molar refractivity (Wildman–Crippen MR) is 121 cm³/mol. The van der Waals surface area contributed by atoms with E-state index < -0.39 is 0 Å². The first-order valence-corrected chi connectivity index (χ1v) is 9.34. The van der Waals surface area contributed by atoms with Crippen LogP contribution < -0.4 is 15.0 Å². The van der Waals surface area contributed by atoms with Gasteiger partial charge >= 0.3 is 0 Å². The molecule has 0 bridgehead atoms. The number of hydrogen-bond donors (Lipinski definition) is 1. The SMILES string of the molecule is CN=C(NCCCc1nc(C)no1)N1CCN(c2ccccc2OC)CC1.I. The van der Waals surface area contributed by atoms with Crippen LogP contribution in [-0.4, -0.2) is 67.9 Å². The van der Waals surface area contributed by atoms with Gasteiger partial charge in [-0.05, 0) is 25.5 Å². The van der Waals surface area contributed by atoms with E-state index in [9.17, 15) is 0 Å². The van der Waals surface area contributed by atoms with Gasteiger partial charge in [0.25, 0.3) is 0 Å². The number of ether oxygens (including phenoxy) is 1. The van der Waals surface area contributed by atoms with Crippen LogP contribution in [0.1, 0.15) is 18.1 Å². The maximum Gasteiger partial charge on any atom is 0.226 e. The van der Waals surface area contributed by atoms with Crippen molar-refractivity contribution in [1.29, 1.82) is 0 Å². The first-order valence-electron chi connectivity index (χ1n) is 9.34. The topological polar surface area (TPSA) is 79.0 Å². The van der Waals surface area contributed by atoms with Crippen molar-refractivity contribution in [3.63, 3.8) is 0 Å². The van der Waals surface area contributed by atoms with Crippen molar-refractivity contribution in [2.45, 2.75) is 19.8 Å². The number of aliphatic imine (C=N–C) groups is 1. The third-order valence-corrected chi connectivity index (χ3v) is 4.64. The van der Waals surface area contributed by atoms with Crippen LogP contribution in [0.5, 0.6) is 5.75 Å². The first kappa shape index (κ1) is 22.3. The Morgan fingerprint density at radius 3 is 2.64 bits per heavy atom. The molecule has 2 aromatic rings. The fourth-order valence-corrected chi connectivity index (χ4v) is 3.26. The summed E-state index contributed by atoms with van der Waals surface area (Å²) in [6.45, 7) is 6.35. The highest BCUT2D eigenvalue weighted by molar-refractivity contribution is 14.0. The van der Waals surface area contributed by atoms with Crippen LogP contribution in [0.15, 0.2) is 33.8 Å². The van der Waals surface area contributed by atoms with Gasteiger partial charge in [-0.15, -0.1) is 24.0 Å². The summed E-state index contributed by atoms with van der Waals surface area (Å²) in [7, 11) is 3.55. The zero-order valence-electron chi connectivity index (χ0n) is 16.7. The number of hydrogen-bond acceptors (Lipinski definition) is 6. The fourth-order valence-electron chi connectivity index (χ4n) is 3.26. The Morgan fingerprint density at radius 1 is 1.25 bits per heavy atom. The maximum absolute atomic E-state index is 5.49. The highest BCUT2D eigenvalue weighted by Crippen LogP contribution is 2.28. The lowest BCUT2D eigenvalue weighted by molar-refractivity contribution is 0.362. The van der Waals surface area contributed by atoms with Crippen molar-refractivity contribution in [2.75, 3.05) is 51.8 Å². The number of benzene rings is 1. The second-order valence-corrected chi connectivity index (χ2v) is 6.46. The lowest BCUT2D eigenvalue weighted by atomic mass is 10.2. The van der Waals surface area contributed by atoms with Crippen LogP contribution in [0.2, 0.25) is 0 Å². The highest BCUT2D eigenvalue weighted by atomic mass is 127. The third kappa shape index (κ3) is 5.73. The molecule has 1 aliphatic heterocycles. The van der Waals surface area contributed by atoms with E-state index in [2.05, 4.69) is 42.4 Å². The van der Waals surface area contributed by atoms with Crippen molar-refractivity contribution in [2.24, 2.45) is 4.99 Å². The molecule has 0 amide bonds. The van der Waals surface area contributed by atoms with E-state index in [4.69, 9.17) is 9.26 Å². The van der Waals surface area contributed by atoms with E-state index in [0.717, 1.165) is 63.0 Å². The Kier molecular flexibility index (Phi) is 8.81. The van der Waals surface area contributed by atoms with E-state index in [0.29, 0.717) is 11.7 Å². The van der Waals surface area contributed by atoms with Crippen molar-refractivity contribution in [3.05, 3.63) is 36.0 Å². The Morgan fingerprint density at radius 2 is 2.00 bits per heavy atom. The Labute approximate surface area is 183 Å². The lowest BCUT2D eigenvalue weighted by Crippen LogP contribution is -2.52. The van der Waals surface area contributed by atoms with Crippen LogP contribution in [0.25, 0.3) is 0 Å². The zero-order valence-corrected chi connectivity index (χ0v) is 19.1. The van der Waals surface area contributed by atoms with Crippen LogP contribution in [0.4, 0.5) is 5.69 Å². The van der Waals surface area contributed by atoms with Gasteiger partial charge in [0.2, 0.25) is 5.89 Å². The Balaban J connectivity index is 0.00000280. The minimum atomic E-state index is 0. The molecule has 1 aliphatic rings. The summed E-state index contributed by atoms with van der Waals surface area (Å²) >= 11 is 0. The number of nitrogens with zero attached hydrogens (tertiary/aromatic N) is 5. The van der Waals surface area contributed by atoms with E-state index in [1.165, 1.54) is 0 Å². The first-order chi connectivity index (χ1) is 13.2. The van der Waals surface area contributed by atoms with Crippen molar-refractivity contribution >= 4 is 35.6 Å². The van der Waals surface area contributed by atoms with Crippen LogP contribution in [0, 0.1) is 6.92 Å². The van der Waals surface area contributed by atoms with Crippen molar-refractivity contribution < 1.29 is 9.26 Å². The molecule has 0 spiro atoms. The highest BCUT2D eigenvalue weighted by Gasteiger charge is 2.21. The molecular weight excluding hydrogens is 471 g/mol. The van der Waals surface area contributed by atoms with E-state index in [1.54, 1.807) is 7.11 Å². The summed E-state index contributed by atoms with van der Waals surface area (Å²) in [5.74, 6) is 3.23. The molecule has 1 N–H and O–H groups in total. The molecule has 9 heteroatoms. The molecule has 0 radical (unpaired) electrons. The largest absolute Gasteiger partial charge is 0.495 e. The standard InChI is InChI=1S/C19H28N6O2.HI/c1-15-22-18(27-23-15)9-6-10-21-19(20-2)25-13-11-24(12-14-25)16-7-4-5-8-17(16)26-3;/h4-5,7-8H,6,9-14H2,1-3H3,(H,20,21);1H. The number of anilines is 1. The smallest absolute Gasteiger partial charge is 0.226 e. The van der Waals surface area contributed by atoms with E-state index in [1.807, 2.05) is 26.1 Å². The third-order valence-electron chi connectivity index (χ3n) is 4.64. The number of aromatic nitrogens is 2. The quantitative estimate of drug-likeness (QED) is 0.282. The molecule has 1 fully saturated rings. The lowest BCUT2D eigenvalue weighted by Gasteiger charge is -2.38. The van der Waals surface area contributed by atoms with Gasteiger partial charge in [-0.1, -0.05) is 17.3 Å². The van der Waals surface area contributed by atoms with Crippen molar-refractivity contribution in [1.82, 2.24) is 20.4 Å². The van der Waals surface area contributed by atoms with Gasteiger partial charge in [0.1, 0.15) is 5.75 Å². The number of aryl methyl sites for hydroxylation is 2. The second-order valence-electron chi connectivity index (χ2n) is 6.46. The number of nitrogens with one attached hydrogen (secondary N) is 1. The average molecular weight is 500 g/mol. The van der Waals surface area contributed by atoms with E-state index in [-0.39, 0.29) is 24.0 Å². The molecule has 3 rings (SSSR count). The van der Waals surface area contributed by atoms with Gasteiger partial charge in [-0.25, -0.2) is 0 Å². The molecule has 0 aliphatic carbocycles. The molecule has 0 saturated carbocycles. The minimum absolute atomic E-state index is 0. The summed E-state index contributed by atoms with van der Waals surface area (Å²) in [6, 6.07) is 8.17. The van der Waals surface area contributed by atoms with Gasteiger partial charge in [0, 0.05) is 46.2 Å². The normalized spacial score (nSPS) is 14.6. The number of halogens is 1. The molecule has 0 atom stereocenters. The van der Waals surface area contributed by atoms with Crippen LogP contribution in [-0.2, 0) is 6.42 Å². The van der Waals surface area contributed by atoms with Gasteiger partial charge in [-0.3, -0.25) is 4.99 Å². The summed E-state index contributed by atoms with van der Waals surface area (Å²) in [5.41, 5.74) is 1.15. The van der Waals surface area contributed by atoms with Gasteiger partial charge in [0.15, 0.2) is 11.8 Å². The molecular formula is C19H29IN6O2. The summed E-state index contributed by atoms with van der Waals surface area (Å²) in [5, 5.41) is 7.25. The summed E-state index contributed by atoms with van der Waals surface area (Å²) in [6.07, 6.45) is 1.69. The Hall–Kier alpha value is -2.04. The molecule has 2 heterocycles. The fraction of sp³-hybridized carbons (Fsp3) is 0.526. The number of methoxy groups -OCH3 is 1. The summed E-state index contributed by atoms with van der Waals surface area (Å²) < 4.78 is 10.6. The molecule has 0 unspecified atom stereocenters. The molecule has 28 heavy (non-hydrogen) atoms. The number of para-hydroxylation sites is 2. The van der Waals surface area contributed by atoms with E-state index >= 15 is 0 Å². The molecule has 1 aromatic carbocycles. The minimum Gasteiger partial charge on any atom is -0.495 e. The average Bonchev–Trinajstić information content (AvgIpc) is 3.13. The van der Waals surface area contributed by atoms with Gasteiger partial charge in [-0.2, -0.15) is 4.98 Å². The molecule has 1 saturated heterocycles. The molecule has 154 valence electrons. The van der Waals surface area contributed by atoms with Crippen LogP contribution in [0.3, 0.4) is 0 Å². The monoisotopic (exact) mass is 500 g/mol. The number of guanidine groups is 1. The van der Waals surface area contributed by atoms with Crippen molar-refractivity contribution in [3.8, 4) is 5.75 Å². The predicted octanol–water partition coefficient (Wildman–Crippen LogP) is 2.33. The Bertz CT molecular complexity index is 758. The van der Waals surface area contributed by atoms with Crippen LogP contribution >= 0.6 is 24.0 Å². The zero-order chi connectivity index (χ0) is 19.1. The number of rotatable bonds is 6. The summed E-state index contributed by atoms with van der Waals surface area (Å²) in [4.78, 5) is 13.3. The number of piperazine rings is 1. The second kappa shape index (κ2) is 11.1. The van der Waals surface area contributed by atoms with Gasteiger partial charge in [0.05, 0.1) is 12.8 Å². The molecule has 1 aromatic heterocycles. The van der Waals surface area contributed by atoms with Gasteiger partial charge < -0.3 is 24.4 Å². The molecule has 8 nitrogen and oxygen atoms in total. The maximum atomic E-state index is 5.49.